The fourth-order valence-electron chi connectivity index (χ4n) is 3.16. The van der Waals surface area contributed by atoms with E-state index in [1.807, 2.05) is 6.26 Å². The predicted octanol–water partition coefficient (Wildman–Crippen LogP) is -2.23. The third-order valence-corrected chi connectivity index (χ3v) is 5.57. The quantitative estimate of drug-likeness (QED) is 0.131. The lowest BCUT2D eigenvalue weighted by Gasteiger charge is -2.25. The summed E-state index contributed by atoms with van der Waals surface area (Å²) in [7, 11) is 0. The molecule has 33 heavy (non-hydrogen) atoms. The number of hydrogen-bond acceptors (Lipinski definition) is 8. The maximum absolute atomic E-state index is 12.9. The maximum atomic E-state index is 12.9. The van der Waals surface area contributed by atoms with Crippen LogP contribution in [0.3, 0.4) is 0 Å². The Balaban J connectivity index is 2.93. The third-order valence-electron chi connectivity index (χ3n) is 4.93. The van der Waals surface area contributed by atoms with Gasteiger partial charge in [0.25, 0.3) is 0 Å². The van der Waals surface area contributed by atoms with Crippen molar-refractivity contribution in [2.45, 2.75) is 62.7 Å². The normalized spacial score (nSPS) is 17.9. The Morgan fingerprint density at radius 1 is 1.00 bits per heavy atom. The highest BCUT2D eigenvalue weighted by molar-refractivity contribution is 7.98. The van der Waals surface area contributed by atoms with Crippen molar-refractivity contribution < 1.29 is 39.0 Å². The zero-order valence-corrected chi connectivity index (χ0v) is 19.1. The van der Waals surface area contributed by atoms with Crippen LogP contribution in [0.5, 0.6) is 0 Å². The molecule has 1 saturated heterocycles. The van der Waals surface area contributed by atoms with Crippen LogP contribution in [0.15, 0.2) is 0 Å². The number of aliphatic carboxylic acids is 2. The first-order valence-corrected chi connectivity index (χ1v) is 11.8. The van der Waals surface area contributed by atoms with Crippen LogP contribution in [0.25, 0.3) is 0 Å². The maximum Gasteiger partial charge on any atom is 0.326 e. The van der Waals surface area contributed by atoms with Crippen LogP contribution in [0.4, 0.5) is 0 Å². The van der Waals surface area contributed by atoms with Crippen molar-refractivity contribution in [1.29, 1.82) is 0 Å². The Morgan fingerprint density at radius 2 is 1.61 bits per heavy atom. The van der Waals surface area contributed by atoms with Crippen molar-refractivity contribution in [2.24, 2.45) is 5.73 Å². The number of carboxylic acid groups (broad SMARTS) is 2. The highest BCUT2D eigenvalue weighted by atomic mass is 32.2. The van der Waals surface area contributed by atoms with E-state index in [9.17, 15) is 28.8 Å². The summed E-state index contributed by atoms with van der Waals surface area (Å²) in [6.07, 6.45) is 2.16. The minimum atomic E-state index is -1.73. The molecule has 0 aromatic heterocycles. The average Bonchev–Trinajstić information content (AvgIpc) is 3.27. The standard InChI is InChI=1S/C19H31N5O8S/c1-33-8-6-12(23-16(28)10-3-2-7-21-10)18(30)22-11(4-5-14(20)25)17(29)24-13(19(31)32)9-15(26)27/h10-13,21H,2-9H2,1H3,(H2,20,25)(H,22,30)(H,23,28)(H,24,29)(H,26,27)(H,31,32). The zero-order valence-electron chi connectivity index (χ0n) is 18.3. The summed E-state index contributed by atoms with van der Waals surface area (Å²) in [6, 6.07) is -4.48. The number of primary amides is 1. The van der Waals surface area contributed by atoms with E-state index in [0.29, 0.717) is 18.7 Å². The summed E-state index contributed by atoms with van der Waals surface area (Å²) >= 11 is 1.46. The number of carbonyl (C=O) groups is 6. The Labute approximate surface area is 195 Å². The van der Waals surface area contributed by atoms with E-state index in [1.54, 1.807) is 0 Å². The van der Waals surface area contributed by atoms with Crippen LogP contribution < -0.4 is 27.0 Å². The van der Waals surface area contributed by atoms with Gasteiger partial charge in [-0.15, -0.1) is 0 Å². The molecule has 1 rings (SSSR count). The molecule has 14 heteroatoms. The molecule has 4 amide bonds. The predicted molar refractivity (Wildman–Crippen MR) is 118 cm³/mol. The second-order valence-electron chi connectivity index (χ2n) is 7.56. The monoisotopic (exact) mass is 489 g/mol. The number of nitrogens with two attached hydrogens (primary N) is 1. The summed E-state index contributed by atoms with van der Waals surface area (Å²) in [5, 5.41) is 28.2. The van der Waals surface area contributed by atoms with Crippen molar-refractivity contribution in [3.63, 3.8) is 0 Å². The lowest BCUT2D eigenvalue weighted by atomic mass is 10.1. The smallest absolute Gasteiger partial charge is 0.326 e. The van der Waals surface area contributed by atoms with Gasteiger partial charge in [0.1, 0.15) is 18.1 Å². The molecular formula is C19H31N5O8S. The number of carbonyl (C=O) groups excluding carboxylic acids is 4. The Bertz CT molecular complexity index is 744. The molecule has 4 atom stereocenters. The van der Waals surface area contributed by atoms with Crippen LogP contribution in [0.2, 0.25) is 0 Å². The largest absolute Gasteiger partial charge is 0.481 e. The Hall–Kier alpha value is -2.87. The average molecular weight is 490 g/mol. The molecular weight excluding hydrogens is 458 g/mol. The van der Waals surface area contributed by atoms with Gasteiger partial charge in [-0.1, -0.05) is 0 Å². The Morgan fingerprint density at radius 3 is 2.09 bits per heavy atom. The van der Waals surface area contributed by atoms with Gasteiger partial charge in [0.15, 0.2) is 0 Å². The molecule has 4 unspecified atom stereocenters. The SMILES string of the molecule is CSCCC(NC(=O)C1CCCN1)C(=O)NC(CCC(N)=O)C(=O)NC(CC(=O)O)C(=O)O. The van der Waals surface area contributed by atoms with Crippen molar-refractivity contribution in [1.82, 2.24) is 21.3 Å². The van der Waals surface area contributed by atoms with Gasteiger partial charge in [-0.3, -0.25) is 24.0 Å². The van der Waals surface area contributed by atoms with Crippen molar-refractivity contribution >= 4 is 47.3 Å². The minimum Gasteiger partial charge on any atom is -0.481 e. The number of carboxylic acids is 2. The first kappa shape index (κ1) is 28.2. The number of rotatable bonds is 15. The summed E-state index contributed by atoms with van der Waals surface area (Å²) < 4.78 is 0. The topological polar surface area (TPSA) is 217 Å². The number of amides is 4. The van der Waals surface area contributed by atoms with Crippen LogP contribution in [-0.2, 0) is 28.8 Å². The van der Waals surface area contributed by atoms with E-state index < -0.39 is 60.2 Å². The molecule has 0 aromatic carbocycles. The minimum absolute atomic E-state index is 0.236. The summed E-state index contributed by atoms with van der Waals surface area (Å²) in [5.74, 6) is -5.24. The molecule has 0 saturated carbocycles. The first-order chi connectivity index (χ1) is 15.5. The van der Waals surface area contributed by atoms with E-state index in [2.05, 4.69) is 21.3 Å². The van der Waals surface area contributed by atoms with Gasteiger partial charge in [-0.2, -0.15) is 11.8 Å². The first-order valence-electron chi connectivity index (χ1n) is 10.4. The molecule has 8 N–H and O–H groups in total. The summed E-state index contributed by atoms with van der Waals surface area (Å²) in [5.41, 5.74) is 5.13. The van der Waals surface area contributed by atoms with Gasteiger partial charge in [-0.25, -0.2) is 4.79 Å². The molecule has 1 fully saturated rings. The molecule has 0 aromatic rings. The van der Waals surface area contributed by atoms with E-state index in [4.69, 9.17) is 15.9 Å². The molecule has 0 aliphatic carbocycles. The fourth-order valence-corrected chi connectivity index (χ4v) is 3.63. The van der Waals surface area contributed by atoms with E-state index in [0.717, 1.165) is 6.42 Å². The van der Waals surface area contributed by atoms with Gasteiger partial charge in [0.2, 0.25) is 23.6 Å². The van der Waals surface area contributed by atoms with Crippen LogP contribution in [0, 0.1) is 0 Å². The van der Waals surface area contributed by atoms with Crippen LogP contribution >= 0.6 is 11.8 Å². The Kier molecular flexibility index (Phi) is 12.2. The highest BCUT2D eigenvalue weighted by Gasteiger charge is 2.32. The fraction of sp³-hybridized carbons (Fsp3) is 0.684. The molecule has 0 bridgehead atoms. The van der Waals surface area contributed by atoms with E-state index in [-0.39, 0.29) is 25.2 Å². The van der Waals surface area contributed by atoms with Crippen molar-refractivity contribution in [2.75, 3.05) is 18.6 Å². The zero-order chi connectivity index (χ0) is 25.0. The van der Waals surface area contributed by atoms with E-state index in [1.165, 1.54) is 11.8 Å². The van der Waals surface area contributed by atoms with Gasteiger partial charge in [-0.05, 0) is 44.2 Å². The van der Waals surface area contributed by atoms with Crippen molar-refractivity contribution in [3.8, 4) is 0 Å². The van der Waals surface area contributed by atoms with Gasteiger partial charge >= 0.3 is 11.9 Å². The van der Waals surface area contributed by atoms with Crippen molar-refractivity contribution in [3.05, 3.63) is 0 Å². The number of thioether (sulfide) groups is 1. The van der Waals surface area contributed by atoms with Crippen LogP contribution in [0.1, 0.15) is 38.5 Å². The second-order valence-corrected chi connectivity index (χ2v) is 8.54. The lowest BCUT2D eigenvalue weighted by molar-refractivity contribution is -0.147. The molecule has 13 nitrogen and oxygen atoms in total. The van der Waals surface area contributed by atoms with Gasteiger partial charge < -0.3 is 37.2 Å². The lowest BCUT2D eigenvalue weighted by Crippen LogP contribution is -2.57. The highest BCUT2D eigenvalue weighted by Crippen LogP contribution is 2.08. The summed E-state index contributed by atoms with van der Waals surface area (Å²) in [4.78, 5) is 71.3. The molecule has 1 heterocycles. The molecule has 0 spiro atoms. The van der Waals surface area contributed by atoms with Crippen LogP contribution in [-0.4, -0.2) is 88.5 Å². The molecule has 1 aliphatic rings. The number of hydrogen-bond donors (Lipinski definition) is 7. The third kappa shape index (κ3) is 10.5. The van der Waals surface area contributed by atoms with Gasteiger partial charge in [0, 0.05) is 6.42 Å². The summed E-state index contributed by atoms with van der Waals surface area (Å²) in [6.45, 7) is 0.691. The number of nitrogens with one attached hydrogen (secondary N) is 4. The van der Waals surface area contributed by atoms with Gasteiger partial charge in [0.05, 0.1) is 12.5 Å². The molecule has 1 aliphatic heterocycles. The second kappa shape index (κ2) is 14.3. The molecule has 186 valence electrons. The van der Waals surface area contributed by atoms with E-state index >= 15 is 0 Å². The molecule has 0 radical (unpaired) electrons.